The van der Waals surface area contributed by atoms with Gasteiger partial charge in [-0.2, -0.15) is 0 Å². The van der Waals surface area contributed by atoms with Crippen LogP contribution in [0.1, 0.15) is 19.9 Å². The van der Waals surface area contributed by atoms with Crippen molar-refractivity contribution in [3.63, 3.8) is 0 Å². The molecule has 2 aromatic rings. The quantitative estimate of drug-likeness (QED) is 0.916. The number of aromatic nitrogens is 3. The number of sulfonamides is 1. The van der Waals surface area contributed by atoms with E-state index in [9.17, 15) is 8.42 Å². The monoisotopic (exact) mass is 302 g/mol. The molecule has 0 aliphatic heterocycles. The second-order valence-electron chi connectivity index (χ2n) is 4.13. The van der Waals surface area contributed by atoms with Gasteiger partial charge in [0.1, 0.15) is 10.6 Å². The minimum absolute atomic E-state index is 0.148. The van der Waals surface area contributed by atoms with Crippen molar-refractivity contribution in [2.75, 3.05) is 7.11 Å². The molecule has 0 bridgehead atoms. The minimum atomic E-state index is -3.92. The van der Waals surface area contributed by atoms with E-state index in [1.165, 1.54) is 15.9 Å². The van der Waals surface area contributed by atoms with Crippen molar-refractivity contribution >= 4 is 21.4 Å². The Morgan fingerprint density at radius 2 is 2.11 bits per heavy atom. The molecular formula is C10H14N4O3S2. The zero-order valence-electron chi connectivity index (χ0n) is 10.7. The smallest absolute Gasteiger partial charge is 0.273 e. The van der Waals surface area contributed by atoms with Crippen LogP contribution in [-0.2, 0) is 10.0 Å². The highest BCUT2D eigenvalue weighted by molar-refractivity contribution is 7.89. The maximum Gasteiger partial charge on any atom is 0.273 e. The molecule has 0 unspecified atom stereocenters. The molecule has 7 nitrogen and oxygen atoms in total. The molecule has 0 spiro atoms. The van der Waals surface area contributed by atoms with Gasteiger partial charge in [-0.25, -0.2) is 13.6 Å². The summed E-state index contributed by atoms with van der Waals surface area (Å²) in [5, 5.41) is 14.4. The number of primary sulfonamides is 1. The predicted molar refractivity (Wildman–Crippen MR) is 71.6 cm³/mol. The number of nitrogens with two attached hydrogens (primary N) is 1. The van der Waals surface area contributed by atoms with E-state index in [0.29, 0.717) is 11.6 Å². The molecule has 0 amide bonds. The minimum Gasteiger partial charge on any atom is -0.495 e. The Kier molecular flexibility index (Phi) is 3.61. The molecule has 2 rings (SSSR count). The van der Waals surface area contributed by atoms with E-state index in [0.717, 1.165) is 4.88 Å². The van der Waals surface area contributed by atoms with Gasteiger partial charge in [-0.3, -0.25) is 4.57 Å². The zero-order valence-corrected chi connectivity index (χ0v) is 12.3. The van der Waals surface area contributed by atoms with Crippen LogP contribution >= 0.6 is 11.3 Å². The van der Waals surface area contributed by atoms with Crippen molar-refractivity contribution in [1.82, 2.24) is 14.8 Å². The summed E-state index contributed by atoms with van der Waals surface area (Å²) in [5.74, 6) is 1.06. The maximum atomic E-state index is 11.5. The van der Waals surface area contributed by atoms with E-state index in [4.69, 9.17) is 9.88 Å². The third kappa shape index (κ3) is 2.48. The van der Waals surface area contributed by atoms with E-state index in [1.807, 2.05) is 19.2 Å². The van der Waals surface area contributed by atoms with Gasteiger partial charge in [-0.1, -0.05) is 0 Å². The first-order chi connectivity index (χ1) is 8.86. The van der Waals surface area contributed by atoms with Crippen LogP contribution in [0, 0.1) is 0 Å². The molecule has 2 aromatic heterocycles. The van der Waals surface area contributed by atoms with Gasteiger partial charge in [0, 0.05) is 6.04 Å². The SMILES string of the molecule is COc1ccsc1-c1nnc(S(N)(=O)=O)n1C(C)C. The summed E-state index contributed by atoms with van der Waals surface area (Å²) in [6.07, 6.45) is 0. The summed E-state index contributed by atoms with van der Waals surface area (Å²) in [5.41, 5.74) is 0. The van der Waals surface area contributed by atoms with Crippen molar-refractivity contribution in [1.29, 1.82) is 0 Å². The molecule has 0 aliphatic rings. The molecule has 0 atom stereocenters. The molecule has 19 heavy (non-hydrogen) atoms. The van der Waals surface area contributed by atoms with E-state index in [2.05, 4.69) is 10.2 Å². The second-order valence-corrected chi connectivity index (χ2v) is 6.50. The first-order valence-corrected chi connectivity index (χ1v) is 7.88. The fourth-order valence-corrected chi connectivity index (χ4v) is 3.28. The van der Waals surface area contributed by atoms with Crippen LogP contribution in [0.15, 0.2) is 16.6 Å². The highest BCUT2D eigenvalue weighted by Gasteiger charge is 2.25. The molecule has 0 saturated carbocycles. The van der Waals surface area contributed by atoms with Gasteiger partial charge in [0.2, 0.25) is 0 Å². The Balaban J connectivity index is 2.69. The fourth-order valence-electron chi connectivity index (χ4n) is 1.71. The Morgan fingerprint density at radius 3 is 2.63 bits per heavy atom. The third-order valence-electron chi connectivity index (χ3n) is 2.49. The van der Waals surface area contributed by atoms with E-state index in [1.54, 1.807) is 13.2 Å². The van der Waals surface area contributed by atoms with Crippen LogP contribution in [0.4, 0.5) is 0 Å². The van der Waals surface area contributed by atoms with Crippen LogP contribution in [0.2, 0.25) is 0 Å². The van der Waals surface area contributed by atoms with Gasteiger partial charge in [0.05, 0.1) is 7.11 Å². The van der Waals surface area contributed by atoms with Crippen LogP contribution in [0.5, 0.6) is 5.75 Å². The second kappa shape index (κ2) is 4.91. The molecule has 2 N–H and O–H groups in total. The summed E-state index contributed by atoms with van der Waals surface area (Å²) in [6.45, 7) is 3.67. The largest absolute Gasteiger partial charge is 0.495 e. The number of ether oxygens (including phenoxy) is 1. The topological polar surface area (TPSA) is 100 Å². The number of hydrogen-bond acceptors (Lipinski definition) is 6. The van der Waals surface area contributed by atoms with Crippen molar-refractivity contribution in [2.24, 2.45) is 5.14 Å². The molecule has 104 valence electrons. The first-order valence-electron chi connectivity index (χ1n) is 5.45. The Labute approximate surface area is 115 Å². The van der Waals surface area contributed by atoms with Crippen molar-refractivity contribution in [3.05, 3.63) is 11.4 Å². The molecule has 2 heterocycles. The molecular weight excluding hydrogens is 288 g/mol. The Morgan fingerprint density at radius 1 is 1.42 bits per heavy atom. The van der Waals surface area contributed by atoms with Gasteiger partial charge >= 0.3 is 0 Å². The van der Waals surface area contributed by atoms with Crippen molar-refractivity contribution in [3.8, 4) is 16.5 Å². The first kappa shape index (κ1) is 14.0. The van der Waals surface area contributed by atoms with Crippen molar-refractivity contribution < 1.29 is 13.2 Å². The highest BCUT2D eigenvalue weighted by atomic mass is 32.2. The van der Waals surface area contributed by atoms with E-state index >= 15 is 0 Å². The van der Waals surface area contributed by atoms with Crippen LogP contribution in [0.3, 0.4) is 0 Å². The average molecular weight is 302 g/mol. The molecule has 0 saturated heterocycles. The summed E-state index contributed by atoms with van der Waals surface area (Å²) in [4.78, 5) is 0.721. The molecule has 9 heteroatoms. The van der Waals surface area contributed by atoms with Gasteiger partial charge in [-0.15, -0.1) is 21.5 Å². The van der Waals surface area contributed by atoms with Gasteiger partial charge in [-0.05, 0) is 25.3 Å². The van der Waals surface area contributed by atoms with Gasteiger partial charge in [0.25, 0.3) is 15.2 Å². The number of nitrogens with zero attached hydrogens (tertiary/aromatic N) is 3. The normalized spacial score (nSPS) is 12.1. The van der Waals surface area contributed by atoms with Crippen LogP contribution in [0.25, 0.3) is 10.7 Å². The lowest BCUT2D eigenvalue weighted by Crippen LogP contribution is -2.20. The maximum absolute atomic E-state index is 11.5. The summed E-state index contributed by atoms with van der Waals surface area (Å²) >= 11 is 1.40. The summed E-state index contributed by atoms with van der Waals surface area (Å²) in [6, 6.07) is 1.64. The number of hydrogen-bond donors (Lipinski definition) is 1. The Bertz CT molecular complexity index is 687. The Hall–Kier alpha value is -1.45. The highest BCUT2D eigenvalue weighted by Crippen LogP contribution is 2.36. The van der Waals surface area contributed by atoms with Crippen LogP contribution in [-0.4, -0.2) is 30.3 Å². The standard InChI is InChI=1S/C10H14N4O3S2/c1-6(2)14-9(8-7(17-3)4-5-18-8)12-13-10(14)19(11,15)16/h4-6H,1-3H3,(H2,11,15,16). The van der Waals surface area contributed by atoms with Gasteiger partial charge < -0.3 is 4.74 Å². The number of methoxy groups -OCH3 is 1. The number of rotatable bonds is 4. The van der Waals surface area contributed by atoms with E-state index in [-0.39, 0.29) is 11.2 Å². The lowest BCUT2D eigenvalue weighted by Gasteiger charge is -2.12. The lowest BCUT2D eigenvalue weighted by atomic mass is 10.3. The predicted octanol–water partition coefficient (Wildman–Crippen LogP) is 1.24. The molecule has 0 aromatic carbocycles. The number of thiophene rings is 1. The zero-order chi connectivity index (χ0) is 14.2. The summed E-state index contributed by atoms with van der Waals surface area (Å²) in [7, 11) is -2.37. The lowest BCUT2D eigenvalue weighted by molar-refractivity contribution is 0.417. The van der Waals surface area contributed by atoms with Crippen LogP contribution < -0.4 is 9.88 Å². The summed E-state index contributed by atoms with van der Waals surface area (Å²) < 4.78 is 29.8. The average Bonchev–Trinajstić information content (AvgIpc) is 2.93. The molecule has 0 radical (unpaired) electrons. The fraction of sp³-hybridized carbons (Fsp3) is 0.400. The molecule has 0 fully saturated rings. The van der Waals surface area contributed by atoms with Gasteiger partial charge in [0.15, 0.2) is 5.82 Å². The third-order valence-corrected chi connectivity index (χ3v) is 4.17. The van der Waals surface area contributed by atoms with E-state index < -0.39 is 10.0 Å². The van der Waals surface area contributed by atoms with Crippen molar-refractivity contribution in [2.45, 2.75) is 25.0 Å². The molecule has 0 aliphatic carbocycles.